The van der Waals surface area contributed by atoms with Crippen LogP contribution in [0.25, 0.3) is 6.08 Å². The number of hydrogen-bond donors (Lipinski definition) is 4. The first-order valence-electron chi connectivity index (χ1n) is 17.2. The van der Waals surface area contributed by atoms with Gasteiger partial charge in [0.1, 0.15) is 35.7 Å². The van der Waals surface area contributed by atoms with E-state index in [1.807, 2.05) is 74.5 Å². The molecule has 2 bridgehead atoms. The predicted molar refractivity (Wildman–Crippen MR) is 191 cm³/mol. The van der Waals surface area contributed by atoms with E-state index in [0.29, 0.717) is 36.3 Å². The molecule has 11 heteroatoms. The Hall–Kier alpha value is -5.16. The summed E-state index contributed by atoms with van der Waals surface area (Å²) in [6.45, 7) is 4.05. The van der Waals surface area contributed by atoms with Crippen molar-refractivity contribution in [2.24, 2.45) is 5.92 Å². The van der Waals surface area contributed by atoms with Crippen molar-refractivity contribution in [2.45, 2.75) is 69.8 Å². The molecule has 5 rings (SSSR count). The maximum Gasteiger partial charge on any atom is 0.247 e. The third-order valence-corrected chi connectivity index (χ3v) is 9.51. The number of fused-ring (bicyclic) bond motifs is 3. The zero-order chi connectivity index (χ0) is 35.6. The normalized spacial score (nSPS) is 20.7. The van der Waals surface area contributed by atoms with Crippen LogP contribution in [0.2, 0.25) is 0 Å². The molecule has 0 aliphatic carbocycles. The highest BCUT2D eigenvalue weighted by molar-refractivity contribution is 5.96. The minimum Gasteiger partial charge on any atom is -0.496 e. The van der Waals surface area contributed by atoms with E-state index in [2.05, 4.69) is 21.3 Å². The first-order valence-corrected chi connectivity index (χ1v) is 17.2. The first-order chi connectivity index (χ1) is 24.2. The summed E-state index contributed by atoms with van der Waals surface area (Å²) in [6.07, 6.45) is 4.15. The monoisotopic (exact) mass is 681 g/mol. The number of nitrogens with zero attached hydrogens (tertiary/aromatic N) is 1. The lowest BCUT2D eigenvalue weighted by Crippen LogP contribution is -2.60. The van der Waals surface area contributed by atoms with Crippen LogP contribution in [0.3, 0.4) is 0 Å². The molecule has 6 atom stereocenters. The minimum absolute atomic E-state index is 0.203. The molecule has 1 fully saturated rings. The Labute approximate surface area is 293 Å². The maximum atomic E-state index is 14.6. The van der Waals surface area contributed by atoms with Gasteiger partial charge in [-0.15, -0.1) is 0 Å². The van der Waals surface area contributed by atoms with E-state index < -0.39 is 42.1 Å². The maximum absolute atomic E-state index is 14.6. The first kappa shape index (κ1) is 36.1. The van der Waals surface area contributed by atoms with Crippen LogP contribution in [0, 0.1) is 5.92 Å². The number of hydrogen-bond acceptors (Lipinski definition) is 7. The molecule has 264 valence electrons. The third kappa shape index (κ3) is 8.70. The average molecular weight is 682 g/mol. The number of carbonyl (C=O) groups excluding carboxylic acids is 4. The highest BCUT2D eigenvalue weighted by atomic mass is 16.5. The molecule has 50 heavy (non-hydrogen) atoms. The second kappa shape index (κ2) is 17.0. The van der Waals surface area contributed by atoms with Gasteiger partial charge in [0.25, 0.3) is 0 Å². The van der Waals surface area contributed by atoms with Crippen molar-refractivity contribution in [1.82, 2.24) is 26.2 Å². The molecular formula is C39H47N5O6. The summed E-state index contributed by atoms with van der Waals surface area (Å²) < 4.78 is 12.0. The van der Waals surface area contributed by atoms with Crippen LogP contribution in [0.5, 0.6) is 11.5 Å². The van der Waals surface area contributed by atoms with E-state index in [9.17, 15) is 19.2 Å². The van der Waals surface area contributed by atoms with Crippen molar-refractivity contribution >= 4 is 29.7 Å². The Bertz CT molecular complexity index is 1670. The Morgan fingerprint density at radius 3 is 2.24 bits per heavy atom. The molecule has 3 aromatic rings. The van der Waals surface area contributed by atoms with Gasteiger partial charge in [-0.05, 0) is 54.8 Å². The van der Waals surface area contributed by atoms with Crippen LogP contribution in [-0.4, -0.2) is 79.5 Å². The minimum atomic E-state index is -1.07. The van der Waals surface area contributed by atoms with Crippen LogP contribution >= 0.6 is 0 Å². The number of nitrogens with one attached hydrogen (secondary N) is 4. The molecule has 2 aliphatic rings. The Kier molecular flexibility index (Phi) is 12.3. The van der Waals surface area contributed by atoms with Crippen molar-refractivity contribution in [1.29, 1.82) is 0 Å². The van der Waals surface area contributed by atoms with Crippen molar-refractivity contribution in [3.63, 3.8) is 0 Å². The van der Waals surface area contributed by atoms with E-state index in [0.717, 1.165) is 11.1 Å². The highest BCUT2D eigenvalue weighted by Gasteiger charge is 2.46. The number of benzene rings is 3. The topological polar surface area (TPSA) is 138 Å². The molecule has 0 saturated carbocycles. The smallest absolute Gasteiger partial charge is 0.247 e. The van der Waals surface area contributed by atoms with Crippen molar-refractivity contribution in [2.75, 3.05) is 20.7 Å². The summed E-state index contributed by atoms with van der Waals surface area (Å²) in [4.78, 5) is 57.6. The second-order valence-corrected chi connectivity index (χ2v) is 12.8. The largest absolute Gasteiger partial charge is 0.496 e. The van der Waals surface area contributed by atoms with E-state index in [1.54, 1.807) is 38.4 Å². The number of carbonyl (C=O) groups is 4. The number of amides is 4. The number of likely N-dealkylation sites (N-methyl/N-ethyl adjacent to an activating group) is 1. The van der Waals surface area contributed by atoms with Gasteiger partial charge in [0, 0.05) is 31.1 Å². The van der Waals surface area contributed by atoms with Crippen LogP contribution in [0.4, 0.5) is 0 Å². The zero-order valence-corrected chi connectivity index (χ0v) is 29.1. The average Bonchev–Trinajstić information content (AvgIpc) is 3.55. The van der Waals surface area contributed by atoms with E-state index in [4.69, 9.17) is 9.47 Å². The van der Waals surface area contributed by atoms with Gasteiger partial charge in [0.05, 0.1) is 13.2 Å². The second-order valence-electron chi connectivity index (χ2n) is 12.8. The fourth-order valence-electron chi connectivity index (χ4n) is 6.48. The van der Waals surface area contributed by atoms with Gasteiger partial charge in [-0.2, -0.15) is 0 Å². The van der Waals surface area contributed by atoms with Gasteiger partial charge >= 0.3 is 0 Å². The van der Waals surface area contributed by atoms with Crippen molar-refractivity contribution in [3.8, 4) is 11.5 Å². The summed E-state index contributed by atoms with van der Waals surface area (Å²) in [5.41, 5.74) is 2.50. The molecule has 4 amide bonds. The Morgan fingerprint density at radius 2 is 1.62 bits per heavy atom. The van der Waals surface area contributed by atoms with Crippen LogP contribution in [0.15, 0.2) is 85.1 Å². The van der Waals surface area contributed by atoms with Gasteiger partial charge in [-0.3, -0.25) is 19.2 Å². The van der Waals surface area contributed by atoms with Gasteiger partial charge in [0.15, 0.2) is 0 Å². The predicted octanol–water partition coefficient (Wildman–Crippen LogP) is 3.23. The number of methoxy groups -OCH3 is 1. The SMILES string of the molecule is CC[C@H](C)[C@@H]1NC(=O)[C@@H]2[C@H](CCN2C(=O)[C@H](Cc2ccccc2)NC(=O)[C@H](Cc2ccccc2)NC)Oc2ccc(OC)c(c2)C=CNC1=O. The van der Waals surface area contributed by atoms with Gasteiger partial charge in [-0.1, -0.05) is 80.9 Å². The number of ether oxygens (including phenoxy) is 2. The van der Waals surface area contributed by atoms with E-state index in [1.165, 1.54) is 11.1 Å². The molecule has 0 spiro atoms. The molecule has 0 unspecified atom stereocenters. The molecule has 4 N–H and O–H groups in total. The molecule has 11 nitrogen and oxygen atoms in total. The summed E-state index contributed by atoms with van der Waals surface area (Å²) in [5, 5.41) is 11.8. The van der Waals surface area contributed by atoms with Gasteiger partial charge in [-0.25, -0.2) is 0 Å². The van der Waals surface area contributed by atoms with Gasteiger partial charge < -0.3 is 35.6 Å². The fraction of sp³-hybridized carbons (Fsp3) is 0.385. The summed E-state index contributed by atoms with van der Waals surface area (Å²) in [6, 6.07) is 20.9. The summed E-state index contributed by atoms with van der Waals surface area (Å²) in [7, 11) is 3.27. The lowest BCUT2D eigenvalue weighted by atomic mass is 9.97. The lowest BCUT2D eigenvalue weighted by Gasteiger charge is -2.33. The van der Waals surface area contributed by atoms with Crippen LogP contribution in [-0.2, 0) is 32.0 Å². The summed E-state index contributed by atoms with van der Waals surface area (Å²) >= 11 is 0. The Balaban J connectivity index is 1.48. The molecule has 0 aromatic heterocycles. The van der Waals surface area contributed by atoms with E-state index >= 15 is 0 Å². The quantitative estimate of drug-likeness (QED) is 0.244. The van der Waals surface area contributed by atoms with Crippen LogP contribution in [0.1, 0.15) is 43.4 Å². The molecular weight excluding hydrogens is 634 g/mol. The van der Waals surface area contributed by atoms with Crippen molar-refractivity contribution in [3.05, 3.63) is 102 Å². The summed E-state index contributed by atoms with van der Waals surface area (Å²) in [5.74, 6) is -0.753. The lowest BCUT2D eigenvalue weighted by molar-refractivity contribution is -0.144. The standard InChI is InChI=1S/C39H47N5O6/c1-5-25(2)34-37(46)41-20-18-28-24-29(16-17-32(28)49-4)50-33-19-21-44(35(33)38(47)43-34)39(48)31(23-27-14-10-7-11-15-27)42-36(45)30(40-3)22-26-12-8-6-9-13-26/h6-18,20,24-25,30-31,33-35,40H,5,19,21-23H2,1-4H3,(H,41,46)(H,42,45)(H,43,47)/t25-,30-,31-,33-,34-,35-/m0/s1. The molecule has 3 aromatic carbocycles. The van der Waals surface area contributed by atoms with Crippen molar-refractivity contribution < 1.29 is 28.7 Å². The number of likely N-dealkylation sites (tertiary alicyclic amines) is 1. The van der Waals surface area contributed by atoms with Crippen LogP contribution < -0.4 is 30.7 Å². The van der Waals surface area contributed by atoms with E-state index in [-0.39, 0.29) is 30.7 Å². The fourth-order valence-corrected chi connectivity index (χ4v) is 6.48. The zero-order valence-electron chi connectivity index (χ0n) is 29.1. The van der Waals surface area contributed by atoms with Gasteiger partial charge in [0.2, 0.25) is 23.6 Å². The molecule has 2 heterocycles. The highest BCUT2D eigenvalue weighted by Crippen LogP contribution is 2.30. The third-order valence-electron chi connectivity index (χ3n) is 9.51. The molecule has 2 aliphatic heterocycles. The Morgan fingerprint density at radius 1 is 0.960 bits per heavy atom. The number of rotatable bonds is 11. The molecule has 1 saturated heterocycles. The molecule has 0 radical (unpaired) electrons.